The molecule has 0 bridgehead atoms. The summed E-state index contributed by atoms with van der Waals surface area (Å²) >= 11 is 2.65. The largest absolute Gasteiger partial charge is 0.330 e. The van der Waals surface area contributed by atoms with Gasteiger partial charge in [-0.3, -0.25) is 4.79 Å². The molecule has 3 rings (SSSR count). The van der Waals surface area contributed by atoms with Gasteiger partial charge in [-0.15, -0.1) is 10.2 Å². The number of nitrogens with one attached hydrogen (secondary N) is 2. The predicted molar refractivity (Wildman–Crippen MR) is 109 cm³/mol. The Labute approximate surface area is 165 Å². The van der Waals surface area contributed by atoms with Gasteiger partial charge in [-0.2, -0.15) is 0 Å². The smallest absolute Gasteiger partial charge is 0.237 e. The molecular formula is C19H19FN4OS2. The van der Waals surface area contributed by atoms with Crippen LogP contribution in [-0.4, -0.2) is 21.4 Å². The second-order valence-electron chi connectivity index (χ2n) is 6.03. The first-order valence-corrected chi connectivity index (χ1v) is 10.0. The average Bonchev–Trinajstić information content (AvgIpc) is 3.07. The van der Waals surface area contributed by atoms with E-state index in [2.05, 4.69) is 34.7 Å². The molecule has 2 N–H and O–H groups in total. The normalized spacial score (nSPS) is 11.9. The summed E-state index contributed by atoms with van der Waals surface area (Å²) in [5.74, 6) is -0.747. The number of thioether (sulfide) groups is 1. The van der Waals surface area contributed by atoms with Crippen molar-refractivity contribution >= 4 is 45.5 Å². The number of carbonyl (C=O) groups is 1. The molecule has 0 fully saturated rings. The number of nitrogens with zero attached hydrogens (tertiary/aromatic N) is 2. The number of halogens is 1. The van der Waals surface area contributed by atoms with E-state index >= 15 is 0 Å². The van der Waals surface area contributed by atoms with E-state index in [0.717, 1.165) is 5.69 Å². The third-order valence-electron chi connectivity index (χ3n) is 3.94. The van der Waals surface area contributed by atoms with Crippen molar-refractivity contribution in [3.05, 3.63) is 59.4 Å². The second kappa shape index (κ2) is 8.49. The van der Waals surface area contributed by atoms with Gasteiger partial charge in [0.15, 0.2) is 4.34 Å². The van der Waals surface area contributed by atoms with Gasteiger partial charge in [0.2, 0.25) is 11.0 Å². The van der Waals surface area contributed by atoms with Crippen LogP contribution >= 0.6 is 23.1 Å². The van der Waals surface area contributed by atoms with Crippen molar-refractivity contribution in [2.45, 2.75) is 30.4 Å². The third kappa shape index (κ3) is 5.05. The number of anilines is 3. The van der Waals surface area contributed by atoms with Crippen molar-refractivity contribution in [2.24, 2.45) is 0 Å². The van der Waals surface area contributed by atoms with Crippen molar-refractivity contribution in [2.75, 3.05) is 10.6 Å². The fourth-order valence-electron chi connectivity index (χ4n) is 2.25. The number of hydrogen-bond donors (Lipinski definition) is 2. The van der Waals surface area contributed by atoms with Crippen molar-refractivity contribution in [1.29, 1.82) is 0 Å². The predicted octanol–water partition coefficient (Wildman–Crippen LogP) is 5.16. The first kappa shape index (κ1) is 19.3. The minimum atomic E-state index is -0.459. The Morgan fingerprint density at radius 2 is 1.93 bits per heavy atom. The van der Waals surface area contributed by atoms with Crippen LogP contribution in [0.2, 0.25) is 0 Å². The molecule has 0 aliphatic carbocycles. The van der Waals surface area contributed by atoms with E-state index in [0.29, 0.717) is 9.47 Å². The summed E-state index contributed by atoms with van der Waals surface area (Å²) in [6.45, 7) is 5.86. The molecule has 0 radical (unpaired) electrons. The maximum Gasteiger partial charge on any atom is 0.237 e. The van der Waals surface area contributed by atoms with E-state index in [9.17, 15) is 9.18 Å². The van der Waals surface area contributed by atoms with E-state index in [-0.39, 0.29) is 11.6 Å². The molecule has 0 saturated heterocycles. The summed E-state index contributed by atoms with van der Waals surface area (Å²) in [5.41, 5.74) is 3.53. The Morgan fingerprint density at radius 1 is 1.15 bits per heavy atom. The highest BCUT2D eigenvalue weighted by Gasteiger charge is 2.18. The third-order valence-corrected chi connectivity index (χ3v) is 5.97. The van der Waals surface area contributed by atoms with Crippen LogP contribution < -0.4 is 10.6 Å². The molecule has 5 nitrogen and oxygen atoms in total. The van der Waals surface area contributed by atoms with Crippen LogP contribution in [0.4, 0.5) is 20.9 Å². The zero-order chi connectivity index (χ0) is 19.4. The lowest BCUT2D eigenvalue weighted by molar-refractivity contribution is -0.115. The Bertz CT molecular complexity index is 960. The van der Waals surface area contributed by atoms with Gasteiger partial charge >= 0.3 is 0 Å². The number of para-hydroxylation sites is 1. The lowest BCUT2D eigenvalue weighted by atomic mass is 10.1. The SMILES string of the molecule is Cc1ccc(Nc2nnc(SC(C)C(=O)Nc3ccccc3F)s2)cc1C. The highest BCUT2D eigenvalue weighted by molar-refractivity contribution is 8.02. The Morgan fingerprint density at radius 3 is 2.67 bits per heavy atom. The van der Waals surface area contributed by atoms with Crippen LogP contribution in [0, 0.1) is 19.7 Å². The lowest BCUT2D eigenvalue weighted by Gasteiger charge is -2.10. The average molecular weight is 403 g/mol. The highest BCUT2D eigenvalue weighted by Crippen LogP contribution is 2.31. The van der Waals surface area contributed by atoms with Gasteiger partial charge < -0.3 is 10.6 Å². The molecule has 0 aliphatic rings. The summed E-state index contributed by atoms with van der Waals surface area (Å²) in [5, 5.41) is 14.3. The van der Waals surface area contributed by atoms with Crippen LogP contribution in [0.3, 0.4) is 0 Å². The van der Waals surface area contributed by atoms with Gasteiger partial charge in [0.05, 0.1) is 10.9 Å². The summed E-state index contributed by atoms with van der Waals surface area (Å²) < 4.78 is 14.3. The molecule has 1 amide bonds. The molecule has 1 heterocycles. The van der Waals surface area contributed by atoms with E-state index in [1.54, 1.807) is 19.1 Å². The standard InChI is InChI=1S/C19H19FN4OS2/c1-11-8-9-14(10-12(11)2)21-18-23-24-19(27-18)26-13(3)17(25)22-16-7-5-4-6-15(16)20/h4-10,13H,1-3H3,(H,21,23)(H,22,25). The maximum atomic E-state index is 13.7. The van der Waals surface area contributed by atoms with Crippen LogP contribution in [-0.2, 0) is 4.79 Å². The van der Waals surface area contributed by atoms with E-state index < -0.39 is 11.1 Å². The summed E-state index contributed by atoms with van der Waals surface area (Å²) in [4.78, 5) is 12.3. The van der Waals surface area contributed by atoms with E-state index in [4.69, 9.17) is 0 Å². The number of aryl methyl sites for hydroxylation is 2. The molecule has 140 valence electrons. The quantitative estimate of drug-likeness (QED) is 0.558. The first-order valence-electron chi connectivity index (χ1n) is 8.32. The number of benzene rings is 2. The Balaban J connectivity index is 1.60. The van der Waals surface area contributed by atoms with Crippen molar-refractivity contribution < 1.29 is 9.18 Å². The molecule has 8 heteroatoms. The van der Waals surface area contributed by atoms with Crippen molar-refractivity contribution in [1.82, 2.24) is 10.2 Å². The number of hydrogen-bond acceptors (Lipinski definition) is 6. The van der Waals surface area contributed by atoms with Gasteiger partial charge in [0.1, 0.15) is 5.82 Å². The Hall–Kier alpha value is -2.45. The lowest BCUT2D eigenvalue weighted by Crippen LogP contribution is -2.22. The van der Waals surface area contributed by atoms with E-state index in [1.807, 2.05) is 18.2 Å². The second-order valence-corrected chi connectivity index (χ2v) is 8.59. The number of rotatable bonds is 6. The molecule has 27 heavy (non-hydrogen) atoms. The van der Waals surface area contributed by atoms with Crippen molar-refractivity contribution in [3.63, 3.8) is 0 Å². The molecule has 1 aromatic heterocycles. The first-order chi connectivity index (χ1) is 12.9. The number of aromatic nitrogens is 2. The van der Waals surface area contributed by atoms with Crippen LogP contribution in [0.25, 0.3) is 0 Å². The minimum absolute atomic E-state index is 0.171. The van der Waals surface area contributed by atoms with Gasteiger partial charge in [-0.05, 0) is 56.2 Å². The van der Waals surface area contributed by atoms with Gasteiger partial charge in [-0.25, -0.2) is 4.39 Å². The molecule has 0 saturated carbocycles. The highest BCUT2D eigenvalue weighted by atomic mass is 32.2. The molecular weight excluding hydrogens is 383 g/mol. The molecule has 3 aromatic rings. The summed E-state index contributed by atoms with van der Waals surface area (Å²) in [6.07, 6.45) is 0. The molecule has 1 atom stereocenters. The van der Waals surface area contributed by atoms with Crippen molar-refractivity contribution in [3.8, 4) is 0 Å². The van der Waals surface area contributed by atoms with Gasteiger partial charge in [0.25, 0.3) is 0 Å². The topological polar surface area (TPSA) is 66.9 Å². The zero-order valence-electron chi connectivity index (χ0n) is 15.1. The fraction of sp³-hybridized carbons (Fsp3) is 0.211. The Kier molecular flexibility index (Phi) is 6.08. The van der Waals surface area contributed by atoms with Crippen LogP contribution in [0.15, 0.2) is 46.8 Å². The minimum Gasteiger partial charge on any atom is -0.330 e. The molecule has 1 unspecified atom stereocenters. The van der Waals surface area contributed by atoms with Gasteiger partial charge in [-0.1, -0.05) is 41.3 Å². The maximum absolute atomic E-state index is 13.7. The fourth-order valence-corrected chi connectivity index (χ4v) is 4.17. The summed E-state index contributed by atoms with van der Waals surface area (Å²) in [6, 6.07) is 12.2. The summed E-state index contributed by atoms with van der Waals surface area (Å²) in [7, 11) is 0. The van der Waals surface area contributed by atoms with Gasteiger partial charge in [0, 0.05) is 5.69 Å². The van der Waals surface area contributed by atoms with Crippen LogP contribution in [0.5, 0.6) is 0 Å². The number of amides is 1. The molecule has 2 aromatic carbocycles. The number of carbonyl (C=O) groups excluding carboxylic acids is 1. The molecule has 0 spiro atoms. The van der Waals surface area contributed by atoms with E-state index in [1.165, 1.54) is 46.4 Å². The monoisotopic (exact) mass is 402 g/mol. The zero-order valence-corrected chi connectivity index (χ0v) is 16.7. The molecule has 0 aliphatic heterocycles. The van der Waals surface area contributed by atoms with Crippen LogP contribution in [0.1, 0.15) is 18.1 Å².